The number of benzene rings is 2. The van der Waals surface area contributed by atoms with Crippen molar-refractivity contribution in [2.75, 3.05) is 6.61 Å². The maximum Gasteiger partial charge on any atom is 0.303 e. The number of hydrogen-bond donors (Lipinski definition) is 1. The van der Waals surface area contributed by atoms with E-state index in [9.17, 15) is 4.79 Å². The second kappa shape index (κ2) is 8.08. The first-order valence-corrected chi connectivity index (χ1v) is 7.39. The van der Waals surface area contributed by atoms with Crippen LogP contribution in [0.2, 0.25) is 0 Å². The van der Waals surface area contributed by atoms with Crippen molar-refractivity contribution < 1.29 is 19.4 Å². The van der Waals surface area contributed by atoms with Gasteiger partial charge >= 0.3 is 5.97 Å². The molecule has 0 amide bonds. The smallest absolute Gasteiger partial charge is 0.303 e. The Morgan fingerprint density at radius 2 is 1.86 bits per heavy atom. The number of aliphatic carboxylic acids is 1. The van der Waals surface area contributed by atoms with Crippen molar-refractivity contribution in [2.24, 2.45) is 0 Å². The molecule has 0 aliphatic carbocycles. The lowest BCUT2D eigenvalue weighted by atomic mass is 10.1. The summed E-state index contributed by atoms with van der Waals surface area (Å²) in [6.07, 6.45) is 1.39. The molecule has 0 aliphatic heterocycles. The fraction of sp³-hybridized carbons (Fsp3) is 0.278. The zero-order valence-electron chi connectivity index (χ0n) is 12.6. The van der Waals surface area contributed by atoms with Crippen LogP contribution in [0, 0.1) is 0 Å². The molecule has 0 spiro atoms. The van der Waals surface area contributed by atoms with E-state index in [1.807, 2.05) is 55.5 Å². The van der Waals surface area contributed by atoms with Crippen LogP contribution < -0.4 is 9.47 Å². The lowest BCUT2D eigenvalue weighted by Gasteiger charge is -2.13. The van der Waals surface area contributed by atoms with E-state index in [2.05, 4.69) is 0 Å². The van der Waals surface area contributed by atoms with E-state index in [0.717, 1.165) is 23.5 Å². The third-order valence-electron chi connectivity index (χ3n) is 3.08. The summed E-state index contributed by atoms with van der Waals surface area (Å²) in [5.41, 5.74) is 0.851. The fourth-order valence-corrected chi connectivity index (χ4v) is 2.03. The molecule has 0 saturated heterocycles. The highest BCUT2D eigenvalue weighted by Gasteiger charge is 2.09. The van der Waals surface area contributed by atoms with E-state index >= 15 is 0 Å². The molecule has 2 aromatic carbocycles. The number of carboxylic acid groups (broad SMARTS) is 1. The van der Waals surface area contributed by atoms with Gasteiger partial charge in [0, 0.05) is 6.42 Å². The molecule has 0 fully saturated rings. The van der Waals surface area contributed by atoms with E-state index in [-0.39, 0.29) is 6.42 Å². The summed E-state index contributed by atoms with van der Waals surface area (Å²) >= 11 is 0. The Kier molecular flexibility index (Phi) is 5.83. The van der Waals surface area contributed by atoms with Crippen LogP contribution in [0.1, 0.15) is 25.3 Å². The quantitative estimate of drug-likeness (QED) is 0.790. The predicted molar refractivity (Wildman–Crippen MR) is 84.7 cm³/mol. The summed E-state index contributed by atoms with van der Waals surface area (Å²) < 4.78 is 11.5. The summed E-state index contributed by atoms with van der Waals surface area (Å²) in [5.74, 6) is 1.32. The summed E-state index contributed by atoms with van der Waals surface area (Å²) in [6, 6.07) is 15.0. The van der Waals surface area contributed by atoms with Crippen molar-refractivity contribution in [3.63, 3.8) is 0 Å². The molecule has 2 rings (SSSR count). The normalized spacial score (nSPS) is 10.2. The molecule has 0 bridgehead atoms. The fourth-order valence-electron chi connectivity index (χ4n) is 2.03. The van der Waals surface area contributed by atoms with Crippen molar-refractivity contribution in [3.05, 3.63) is 54.1 Å². The standard InChI is InChI=1S/C18H20O4/c1-2-12-21-17-10-9-16(13-14(17)8-11-18(19)20)22-15-6-4-3-5-7-15/h3-7,9-10,13H,2,8,11-12H2,1H3,(H,19,20). The SMILES string of the molecule is CCCOc1ccc(Oc2ccccc2)cc1CCC(=O)O. The molecule has 0 saturated carbocycles. The van der Waals surface area contributed by atoms with Gasteiger partial charge in [-0.1, -0.05) is 25.1 Å². The molecule has 2 aromatic rings. The molecule has 0 atom stereocenters. The zero-order chi connectivity index (χ0) is 15.8. The number of carbonyl (C=O) groups is 1. The lowest BCUT2D eigenvalue weighted by molar-refractivity contribution is -0.136. The van der Waals surface area contributed by atoms with E-state index in [1.54, 1.807) is 0 Å². The van der Waals surface area contributed by atoms with Gasteiger partial charge in [-0.15, -0.1) is 0 Å². The van der Waals surface area contributed by atoms with Crippen LogP contribution in [0.3, 0.4) is 0 Å². The summed E-state index contributed by atoms with van der Waals surface area (Å²) in [7, 11) is 0. The first kappa shape index (κ1) is 15.9. The van der Waals surface area contributed by atoms with Crippen molar-refractivity contribution in [1.82, 2.24) is 0 Å². The molecule has 1 N–H and O–H groups in total. The van der Waals surface area contributed by atoms with E-state index < -0.39 is 5.97 Å². The Morgan fingerprint density at radius 3 is 2.55 bits per heavy atom. The Balaban J connectivity index is 2.17. The molecule has 0 radical (unpaired) electrons. The van der Waals surface area contributed by atoms with Gasteiger partial charge in [0.25, 0.3) is 0 Å². The van der Waals surface area contributed by atoms with Gasteiger partial charge in [0.2, 0.25) is 0 Å². The van der Waals surface area contributed by atoms with Gasteiger partial charge in [-0.25, -0.2) is 0 Å². The van der Waals surface area contributed by atoms with Gasteiger partial charge < -0.3 is 14.6 Å². The van der Waals surface area contributed by atoms with Crippen LogP contribution in [-0.4, -0.2) is 17.7 Å². The van der Waals surface area contributed by atoms with Crippen LogP contribution in [0.15, 0.2) is 48.5 Å². The molecule has 22 heavy (non-hydrogen) atoms. The first-order chi connectivity index (χ1) is 10.7. The Bertz CT molecular complexity index is 608. The minimum atomic E-state index is -0.823. The summed E-state index contributed by atoms with van der Waals surface area (Å²) in [6.45, 7) is 2.64. The van der Waals surface area contributed by atoms with Crippen molar-refractivity contribution >= 4 is 5.97 Å². The monoisotopic (exact) mass is 300 g/mol. The number of aryl methyl sites for hydroxylation is 1. The Labute approximate surface area is 130 Å². The van der Waals surface area contributed by atoms with Crippen LogP contribution in [0.4, 0.5) is 0 Å². The minimum absolute atomic E-state index is 0.0667. The average Bonchev–Trinajstić information content (AvgIpc) is 2.53. The number of para-hydroxylation sites is 1. The molecule has 0 unspecified atom stereocenters. The highest BCUT2D eigenvalue weighted by molar-refractivity contribution is 5.67. The van der Waals surface area contributed by atoms with Gasteiger partial charge in [0.1, 0.15) is 17.2 Å². The summed E-state index contributed by atoms with van der Waals surface area (Å²) in [4.78, 5) is 10.8. The Morgan fingerprint density at radius 1 is 1.09 bits per heavy atom. The molecular formula is C18H20O4. The molecule has 116 valence electrons. The second-order valence-electron chi connectivity index (χ2n) is 4.93. The van der Waals surface area contributed by atoms with Gasteiger partial charge in [-0.3, -0.25) is 4.79 Å². The number of carboxylic acids is 1. The van der Waals surface area contributed by atoms with Crippen molar-refractivity contribution in [1.29, 1.82) is 0 Å². The topological polar surface area (TPSA) is 55.8 Å². The van der Waals surface area contributed by atoms with Crippen LogP contribution >= 0.6 is 0 Å². The molecule has 4 nitrogen and oxygen atoms in total. The van der Waals surface area contributed by atoms with Crippen LogP contribution in [0.25, 0.3) is 0 Å². The highest BCUT2D eigenvalue weighted by Crippen LogP contribution is 2.28. The van der Waals surface area contributed by atoms with Crippen LogP contribution in [-0.2, 0) is 11.2 Å². The zero-order valence-corrected chi connectivity index (χ0v) is 12.6. The molecule has 0 aliphatic rings. The average molecular weight is 300 g/mol. The first-order valence-electron chi connectivity index (χ1n) is 7.39. The van der Waals surface area contributed by atoms with Gasteiger partial charge in [-0.05, 0) is 48.7 Å². The van der Waals surface area contributed by atoms with Crippen molar-refractivity contribution in [2.45, 2.75) is 26.2 Å². The van der Waals surface area contributed by atoms with Gasteiger partial charge in [-0.2, -0.15) is 0 Å². The molecular weight excluding hydrogens is 280 g/mol. The van der Waals surface area contributed by atoms with E-state index in [4.69, 9.17) is 14.6 Å². The highest BCUT2D eigenvalue weighted by atomic mass is 16.5. The van der Waals surface area contributed by atoms with Gasteiger partial charge in [0.05, 0.1) is 6.61 Å². The minimum Gasteiger partial charge on any atom is -0.493 e. The number of hydrogen-bond acceptors (Lipinski definition) is 3. The lowest BCUT2D eigenvalue weighted by Crippen LogP contribution is -2.02. The van der Waals surface area contributed by atoms with Crippen molar-refractivity contribution in [3.8, 4) is 17.2 Å². The Hall–Kier alpha value is -2.49. The van der Waals surface area contributed by atoms with E-state index in [1.165, 1.54) is 0 Å². The van der Waals surface area contributed by atoms with Crippen LogP contribution in [0.5, 0.6) is 17.2 Å². The van der Waals surface area contributed by atoms with E-state index in [0.29, 0.717) is 18.8 Å². The third-order valence-corrected chi connectivity index (χ3v) is 3.08. The number of rotatable bonds is 8. The molecule has 4 heteroatoms. The van der Waals surface area contributed by atoms with Gasteiger partial charge in [0.15, 0.2) is 0 Å². The maximum atomic E-state index is 10.8. The summed E-state index contributed by atoms with van der Waals surface area (Å²) in [5, 5.41) is 8.87. The molecule has 0 heterocycles. The maximum absolute atomic E-state index is 10.8. The second-order valence-corrected chi connectivity index (χ2v) is 4.93. The predicted octanol–water partition coefficient (Wildman–Crippen LogP) is 4.28. The third kappa shape index (κ3) is 4.81. The number of ether oxygens (including phenoxy) is 2. The largest absolute Gasteiger partial charge is 0.493 e. The molecule has 0 aromatic heterocycles.